The van der Waals surface area contributed by atoms with Gasteiger partial charge in [0, 0.05) is 5.69 Å². The number of nitrogens with one attached hydrogen (secondary N) is 2. The van der Waals surface area contributed by atoms with Gasteiger partial charge in [0.05, 0.1) is 30.3 Å². The molecule has 0 aliphatic heterocycles. The molecule has 6 nitrogen and oxygen atoms in total. The van der Waals surface area contributed by atoms with Crippen LogP contribution in [0.25, 0.3) is 5.69 Å². The van der Waals surface area contributed by atoms with Crippen LogP contribution in [-0.2, 0) is 0 Å². The van der Waals surface area contributed by atoms with Crippen LogP contribution in [0.1, 0.15) is 16.8 Å². The minimum Gasteiger partial charge on any atom is -0.495 e. The SMILES string of the molecule is COc1ccccc1NN=Cc1c(C)[nH]n(-c2ccc(C)cc2)c1=O. The van der Waals surface area contributed by atoms with Crippen LogP contribution in [0.2, 0.25) is 0 Å². The van der Waals surface area contributed by atoms with E-state index >= 15 is 0 Å². The zero-order valence-electron chi connectivity index (χ0n) is 14.4. The van der Waals surface area contributed by atoms with E-state index in [0.29, 0.717) is 11.3 Å². The molecule has 0 saturated carbocycles. The number of ether oxygens (including phenoxy) is 1. The summed E-state index contributed by atoms with van der Waals surface area (Å²) in [5.74, 6) is 0.683. The Morgan fingerprint density at radius 3 is 2.56 bits per heavy atom. The first-order valence-corrected chi connectivity index (χ1v) is 7.91. The molecule has 0 saturated heterocycles. The lowest BCUT2D eigenvalue weighted by Gasteiger charge is -2.06. The standard InChI is InChI=1S/C19H20N4O2/c1-13-8-10-15(11-9-13)23-19(24)16(14(2)22-23)12-20-21-17-6-4-5-7-18(17)25-3/h4-12,21-22H,1-3H3. The number of hydrogen-bond acceptors (Lipinski definition) is 4. The molecule has 3 rings (SSSR count). The van der Waals surface area contributed by atoms with E-state index in [-0.39, 0.29) is 5.56 Å². The van der Waals surface area contributed by atoms with Gasteiger partial charge < -0.3 is 4.74 Å². The van der Waals surface area contributed by atoms with Gasteiger partial charge >= 0.3 is 0 Å². The number of nitrogens with zero attached hydrogens (tertiary/aromatic N) is 2. The second-order valence-electron chi connectivity index (χ2n) is 5.70. The van der Waals surface area contributed by atoms with Crippen LogP contribution in [-0.4, -0.2) is 23.1 Å². The van der Waals surface area contributed by atoms with Crippen molar-refractivity contribution in [1.82, 2.24) is 9.78 Å². The molecule has 0 atom stereocenters. The van der Waals surface area contributed by atoms with Crippen LogP contribution < -0.4 is 15.7 Å². The fourth-order valence-corrected chi connectivity index (χ4v) is 2.49. The second-order valence-corrected chi connectivity index (χ2v) is 5.70. The zero-order valence-corrected chi connectivity index (χ0v) is 14.4. The summed E-state index contributed by atoms with van der Waals surface area (Å²) >= 11 is 0. The summed E-state index contributed by atoms with van der Waals surface area (Å²) in [6.07, 6.45) is 1.52. The van der Waals surface area contributed by atoms with E-state index in [4.69, 9.17) is 4.74 Å². The third-order valence-electron chi connectivity index (χ3n) is 3.89. The Labute approximate surface area is 145 Å². The molecule has 2 N–H and O–H groups in total. The lowest BCUT2D eigenvalue weighted by atomic mass is 10.2. The van der Waals surface area contributed by atoms with Crippen molar-refractivity contribution in [2.45, 2.75) is 13.8 Å². The number of methoxy groups -OCH3 is 1. The Bertz CT molecular complexity index is 952. The molecule has 0 amide bonds. The monoisotopic (exact) mass is 336 g/mol. The number of aromatic amines is 1. The van der Waals surface area contributed by atoms with Crippen LogP contribution in [0.4, 0.5) is 5.69 Å². The maximum absolute atomic E-state index is 12.6. The molecule has 0 unspecified atom stereocenters. The summed E-state index contributed by atoms with van der Waals surface area (Å²) in [5, 5.41) is 7.26. The topological polar surface area (TPSA) is 71.4 Å². The number of hydrazone groups is 1. The highest BCUT2D eigenvalue weighted by Crippen LogP contribution is 2.22. The molecule has 1 aromatic heterocycles. The van der Waals surface area contributed by atoms with Crippen molar-refractivity contribution in [2.75, 3.05) is 12.5 Å². The van der Waals surface area contributed by atoms with Crippen LogP contribution in [0.3, 0.4) is 0 Å². The minimum absolute atomic E-state index is 0.146. The minimum atomic E-state index is -0.146. The Morgan fingerprint density at radius 2 is 1.84 bits per heavy atom. The van der Waals surface area contributed by atoms with Gasteiger partial charge in [0.1, 0.15) is 5.75 Å². The average Bonchev–Trinajstić information content (AvgIpc) is 2.91. The summed E-state index contributed by atoms with van der Waals surface area (Å²) in [6.45, 7) is 3.85. The molecule has 0 aliphatic rings. The Kier molecular flexibility index (Phi) is 4.70. The first kappa shape index (κ1) is 16.6. The molecule has 0 fully saturated rings. The Hall–Kier alpha value is -3.28. The number of aromatic nitrogens is 2. The van der Waals surface area contributed by atoms with E-state index in [2.05, 4.69) is 15.6 Å². The Morgan fingerprint density at radius 1 is 1.12 bits per heavy atom. The van der Waals surface area contributed by atoms with Crippen molar-refractivity contribution in [3.8, 4) is 11.4 Å². The highest BCUT2D eigenvalue weighted by molar-refractivity contribution is 5.81. The van der Waals surface area contributed by atoms with E-state index in [0.717, 1.165) is 22.6 Å². The largest absolute Gasteiger partial charge is 0.495 e. The van der Waals surface area contributed by atoms with Gasteiger partial charge in [-0.1, -0.05) is 29.8 Å². The van der Waals surface area contributed by atoms with Gasteiger partial charge in [-0.3, -0.25) is 15.3 Å². The third kappa shape index (κ3) is 3.47. The quantitative estimate of drug-likeness (QED) is 0.555. The highest BCUT2D eigenvalue weighted by Gasteiger charge is 2.10. The fourth-order valence-electron chi connectivity index (χ4n) is 2.49. The molecule has 2 aromatic carbocycles. The number of rotatable bonds is 5. The Balaban J connectivity index is 1.86. The summed E-state index contributed by atoms with van der Waals surface area (Å²) in [4.78, 5) is 12.6. The van der Waals surface area contributed by atoms with E-state index in [1.165, 1.54) is 10.9 Å². The van der Waals surface area contributed by atoms with Crippen LogP contribution in [0.5, 0.6) is 5.75 Å². The van der Waals surface area contributed by atoms with Crippen LogP contribution >= 0.6 is 0 Å². The second kappa shape index (κ2) is 7.09. The van der Waals surface area contributed by atoms with Crippen LogP contribution in [0.15, 0.2) is 58.4 Å². The predicted molar refractivity (Wildman–Crippen MR) is 100 cm³/mol. The number of H-pyrrole nitrogens is 1. The van der Waals surface area contributed by atoms with Gasteiger partial charge in [-0.15, -0.1) is 0 Å². The van der Waals surface area contributed by atoms with Gasteiger partial charge in [-0.2, -0.15) is 5.10 Å². The summed E-state index contributed by atoms with van der Waals surface area (Å²) in [7, 11) is 1.60. The lowest BCUT2D eigenvalue weighted by Crippen LogP contribution is -2.17. The predicted octanol–water partition coefficient (Wildman–Crippen LogP) is 3.24. The molecule has 0 spiro atoms. The van der Waals surface area contributed by atoms with Gasteiger partial charge in [0.15, 0.2) is 0 Å². The summed E-state index contributed by atoms with van der Waals surface area (Å²) < 4.78 is 6.77. The summed E-state index contributed by atoms with van der Waals surface area (Å²) in [5.41, 5.74) is 6.67. The maximum atomic E-state index is 12.6. The first-order valence-electron chi connectivity index (χ1n) is 7.91. The molecule has 6 heteroatoms. The summed E-state index contributed by atoms with van der Waals surface area (Å²) in [6, 6.07) is 15.2. The molecule has 0 radical (unpaired) electrons. The fraction of sp³-hybridized carbons (Fsp3) is 0.158. The number of aryl methyl sites for hydroxylation is 2. The van der Waals surface area contributed by atoms with Crippen molar-refractivity contribution < 1.29 is 4.74 Å². The molecule has 25 heavy (non-hydrogen) atoms. The van der Waals surface area contributed by atoms with Gasteiger partial charge in [0.25, 0.3) is 5.56 Å². The molecule has 0 bridgehead atoms. The lowest BCUT2D eigenvalue weighted by molar-refractivity contribution is 0.416. The van der Waals surface area contributed by atoms with Crippen molar-refractivity contribution in [2.24, 2.45) is 5.10 Å². The molecule has 1 heterocycles. The van der Waals surface area contributed by atoms with Crippen molar-refractivity contribution in [1.29, 1.82) is 0 Å². The van der Waals surface area contributed by atoms with Crippen molar-refractivity contribution in [3.63, 3.8) is 0 Å². The van der Waals surface area contributed by atoms with E-state index in [1.807, 2.05) is 62.4 Å². The van der Waals surface area contributed by atoms with Gasteiger partial charge in [-0.25, -0.2) is 4.68 Å². The van der Waals surface area contributed by atoms with E-state index < -0.39 is 0 Å². The maximum Gasteiger partial charge on any atom is 0.280 e. The normalized spacial score (nSPS) is 11.0. The number of hydrogen-bond donors (Lipinski definition) is 2. The van der Waals surface area contributed by atoms with Crippen molar-refractivity contribution in [3.05, 3.63) is 75.7 Å². The van der Waals surface area contributed by atoms with Gasteiger partial charge in [0.2, 0.25) is 0 Å². The molecule has 3 aromatic rings. The van der Waals surface area contributed by atoms with Crippen molar-refractivity contribution >= 4 is 11.9 Å². The van der Waals surface area contributed by atoms with Gasteiger partial charge in [-0.05, 0) is 38.1 Å². The number of benzene rings is 2. The number of para-hydroxylation sites is 2. The van der Waals surface area contributed by atoms with E-state index in [1.54, 1.807) is 7.11 Å². The van der Waals surface area contributed by atoms with Crippen LogP contribution in [0, 0.1) is 13.8 Å². The van der Waals surface area contributed by atoms with E-state index in [9.17, 15) is 4.79 Å². The number of anilines is 1. The zero-order chi connectivity index (χ0) is 17.8. The first-order chi connectivity index (χ1) is 12.1. The average molecular weight is 336 g/mol. The third-order valence-corrected chi connectivity index (χ3v) is 3.89. The molecule has 0 aliphatic carbocycles. The molecule has 128 valence electrons. The molecular weight excluding hydrogens is 316 g/mol. The smallest absolute Gasteiger partial charge is 0.280 e. The molecular formula is C19H20N4O2. The highest BCUT2D eigenvalue weighted by atomic mass is 16.5.